The highest BCUT2D eigenvalue weighted by Crippen LogP contribution is 2.34. The number of hydrogen-bond donors (Lipinski definition) is 4. The van der Waals surface area contributed by atoms with E-state index in [1.54, 1.807) is 18.2 Å². The van der Waals surface area contributed by atoms with Crippen molar-refractivity contribution in [1.82, 2.24) is 0 Å². The summed E-state index contributed by atoms with van der Waals surface area (Å²) in [6.07, 6.45) is -4.99. The molecular formula is C15H16O6. The lowest BCUT2D eigenvalue weighted by Crippen LogP contribution is -2.54. The first-order chi connectivity index (χ1) is 10.1. The number of aliphatic hydroxyl groups is 3. The highest BCUT2D eigenvalue weighted by molar-refractivity contribution is 5.93. The number of benzene rings is 2. The smallest absolute Gasteiger partial charge is 0.228 e. The van der Waals surface area contributed by atoms with Crippen molar-refractivity contribution in [3.05, 3.63) is 36.4 Å². The summed E-state index contributed by atoms with van der Waals surface area (Å²) < 4.78 is 10.8. The number of fused-ring (bicyclic) bond motifs is 1. The van der Waals surface area contributed by atoms with E-state index in [0.29, 0.717) is 11.1 Å². The molecule has 21 heavy (non-hydrogen) atoms. The zero-order valence-corrected chi connectivity index (χ0v) is 11.1. The van der Waals surface area contributed by atoms with Gasteiger partial charge >= 0.3 is 0 Å². The average molecular weight is 292 g/mol. The van der Waals surface area contributed by atoms with Gasteiger partial charge in [0.15, 0.2) is 0 Å². The van der Waals surface area contributed by atoms with Gasteiger partial charge in [-0.25, -0.2) is 0 Å². The minimum Gasteiger partial charge on any atom is -0.507 e. The number of rotatable bonds is 2. The molecule has 6 nitrogen and oxygen atoms in total. The maximum absolute atomic E-state index is 9.97. The molecule has 112 valence electrons. The normalized spacial score (nSPS) is 29.5. The Labute approximate surface area is 120 Å². The standard InChI is InChI=1S/C15H16O6/c16-9-5-1-3-8-4-2-6-11(12(8)9)21-15-14(19)13(18)10(17)7-20-15/h1-6,10,13-19H,7H2/t10-,13+,14-,15+/m1/s1. The van der Waals surface area contributed by atoms with E-state index in [2.05, 4.69) is 0 Å². The van der Waals surface area contributed by atoms with Gasteiger partial charge in [0.2, 0.25) is 6.29 Å². The van der Waals surface area contributed by atoms with Gasteiger partial charge in [-0.15, -0.1) is 0 Å². The summed E-state index contributed by atoms with van der Waals surface area (Å²) in [4.78, 5) is 0. The molecule has 0 spiro atoms. The SMILES string of the molecule is Oc1cccc2cccc(O[C@@H]3OC[C@@H](O)[C@H](O)[C@H]3O)c12. The van der Waals surface area contributed by atoms with Crippen molar-refractivity contribution in [3.63, 3.8) is 0 Å². The molecular weight excluding hydrogens is 276 g/mol. The zero-order valence-electron chi connectivity index (χ0n) is 11.1. The van der Waals surface area contributed by atoms with Gasteiger partial charge in [-0.3, -0.25) is 0 Å². The molecule has 0 unspecified atom stereocenters. The monoisotopic (exact) mass is 292 g/mol. The van der Waals surface area contributed by atoms with E-state index in [0.717, 1.165) is 5.39 Å². The first-order valence-corrected chi connectivity index (χ1v) is 6.61. The van der Waals surface area contributed by atoms with Gasteiger partial charge < -0.3 is 29.9 Å². The van der Waals surface area contributed by atoms with Crippen molar-refractivity contribution in [2.75, 3.05) is 6.61 Å². The molecule has 1 heterocycles. The van der Waals surface area contributed by atoms with Crippen LogP contribution < -0.4 is 4.74 Å². The highest BCUT2D eigenvalue weighted by atomic mass is 16.7. The molecule has 0 aliphatic carbocycles. The Balaban J connectivity index is 1.92. The zero-order chi connectivity index (χ0) is 15.0. The van der Waals surface area contributed by atoms with E-state index in [4.69, 9.17) is 9.47 Å². The molecule has 0 amide bonds. The van der Waals surface area contributed by atoms with E-state index in [9.17, 15) is 20.4 Å². The fourth-order valence-electron chi connectivity index (χ4n) is 2.39. The van der Waals surface area contributed by atoms with Crippen LogP contribution in [0.1, 0.15) is 0 Å². The second-order valence-electron chi connectivity index (χ2n) is 5.00. The Bertz CT molecular complexity index is 638. The number of hydrogen-bond acceptors (Lipinski definition) is 6. The van der Waals surface area contributed by atoms with Gasteiger partial charge in [0, 0.05) is 0 Å². The Kier molecular flexibility index (Phi) is 3.69. The van der Waals surface area contributed by atoms with Crippen molar-refractivity contribution < 1.29 is 29.9 Å². The second-order valence-corrected chi connectivity index (χ2v) is 5.00. The van der Waals surface area contributed by atoms with Crippen LogP contribution in [0.5, 0.6) is 11.5 Å². The van der Waals surface area contributed by atoms with Crippen LogP contribution in [-0.2, 0) is 4.74 Å². The molecule has 0 bridgehead atoms. The number of ether oxygens (including phenoxy) is 2. The molecule has 1 aliphatic heterocycles. The van der Waals surface area contributed by atoms with E-state index >= 15 is 0 Å². The fourth-order valence-corrected chi connectivity index (χ4v) is 2.39. The van der Waals surface area contributed by atoms with E-state index < -0.39 is 24.6 Å². The summed E-state index contributed by atoms with van der Waals surface area (Å²) in [6.45, 7) is -0.139. The van der Waals surface area contributed by atoms with Gasteiger partial charge in [-0.1, -0.05) is 24.3 Å². The quantitative estimate of drug-likeness (QED) is 0.638. The molecule has 2 aromatic rings. The average Bonchev–Trinajstić information content (AvgIpc) is 2.48. The van der Waals surface area contributed by atoms with Crippen molar-refractivity contribution in [3.8, 4) is 11.5 Å². The number of aliphatic hydroxyl groups excluding tert-OH is 3. The summed E-state index contributed by atoms with van der Waals surface area (Å²) in [5.41, 5.74) is 0. The van der Waals surface area contributed by atoms with Crippen LogP contribution in [0.25, 0.3) is 10.8 Å². The first-order valence-electron chi connectivity index (χ1n) is 6.61. The van der Waals surface area contributed by atoms with Gasteiger partial charge in [-0.05, 0) is 17.5 Å². The molecule has 1 fully saturated rings. The number of phenolic OH excluding ortho intramolecular Hbond substituents is 1. The summed E-state index contributed by atoms with van der Waals surface area (Å²) in [7, 11) is 0. The fraction of sp³-hybridized carbons (Fsp3) is 0.333. The molecule has 6 heteroatoms. The maximum Gasteiger partial charge on any atom is 0.228 e. The topological polar surface area (TPSA) is 99.4 Å². The van der Waals surface area contributed by atoms with Crippen molar-refractivity contribution >= 4 is 10.8 Å². The van der Waals surface area contributed by atoms with Gasteiger partial charge in [0.1, 0.15) is 29.8 Å². The summed E-state index contributed by atoms with van der Waals surface area (Å²) in [6, 6.07) is 10.3. The van der Waals surface area contributed by atoms with Crippen LogP contribution in [0.4, 0.5) is 0 Å². The molecule has 0 aromatic heterocycles. The highest BCUT2D eigenvalue weighted by Gasteiger charge is 2.39. The lowest BCUT2D eigenvalue weighted by molar-refractivity contribution is -0.241. The maximum atomic E-state index is 9.97. The first kappa shape index (κ1) is 14.1. The van der Waals surface area contributed by atoms with Crippen LogP contribution in [0.15, 0.2) is 36.4 Å². The predicted molar refractivity (Wildman–Crippen MR) is 74.0 cm³/mol. The lowest BCUT2D eigenvalue weighted by atomic mass is 10.1. The van der Waals surface area contributed by atoms with Crippen molar-refractivity contribution in [1.29, 1.82) is 0 Å². The molecule has 3 rings (SSSR count). The molecule has 0 radical (unpaired) electrons. The number of phenols is 1. The Morgan fingerprint density at radius 1 is 1.00 bits per heavy atom. The van der Waals surface area contributed by atoms with E-state index in [1.807, 2.05) is 12.1 Å². The molecule has 4 atom stereocenters. The largest absolute Gasteiger partial charge is 0.507 e. The minimum atomic E-state index is -1.38. The third-order valence-electron chi connectivity index (χ3n) is 3.54. The lowest BCUT2D eigenvalue weighted by Gasteiger charge is -2.35. The van der Waals surface area contributed by atoms with Crippen LogP contribution in [0.3, 0.4) is 0 Å². The van der Waals surface area contributed by atoms with Crippen molar-refractivity contribution in [2.24, 2.45) is 0 Å². The Morgan fingerprint density at radius 3 is 2.48 bits per heavy atom. The van der Waals surface area contributed by atoms with Crippen LogP contribution in [0, 0.1) is 0 Å². The van der Waals surface area contributed by atoms with Gasteiger partial charge in [-0.2, -0.15) is 0 Å². The van der Waals surface area contributed by atoms with Gasteiger partial charge in [0.25, 0.3) is 0 Å². The molecule has 0 saturated carbocycles. The predicted octanol–water partition coefficient (Wildman–Crippen LogP) is 0.363. The second kappa shape index (κ2) is 5.50. The molecule has 1 aliphatic rings. The van der Waals surface area contributed by atoms with Crippen LogP contribution in [0.2, 0.25) is 0 Å². The van der Waals surface area contributed by atoms with Gasteiger partial charge in [0.05, 0.1) is 12.0 Å². The third kappa shape index (κ3) is 2.54. The van der Waals surface area contributed by atoms with Crippen LogP contribution in [-0.4, -0.2) is 51.6 Å². The Hall–Kier alpha value is -1.86. The van der Waals surface area contributed by atoms with Crippen molar-refractivity contribution in [2.45, 2.75) is 24.6 Å². The molecule has 1 saturated heterocycles. The summed E-state index contributed by atoms with van der Waals surface area (Å²) in [5, 5.41) is 40.2. The third-order valence-corrected chi connectivity index (χ3v) is 3.54. The van der Waals surface area contributed by atoms with E-state index in [1.165, 1.54) is 6.07 Å². The van der Waals surface area contributed by atoms with Crippen LogP contribution >= 0.6 is 0 Å². The summed E-state index contributed by atoms with van der Waals surface area (Å²) >= 11 is 0. The molecule has 4 N–H and O–H groups in total. The number of aromatic hydroxyl groups is 1. The minimum absolute atomic E-state index is 0.0500. The molecule has 2 aromatic carbocycles. The van der Waals surface area contributed by atoms with E-state index in [-0.39, 0.29) is 12.4 Å². The summed E-state index contributed by atoms with van der Waals surface area (Å²) in [5.74, 6) is 0.382. The Morgan fingerprint density at radius 2 is 1.71 bits per heavy atom.